The lowest BCUT2D eigenvalue weighted by atomic mass is 9.58. The summed E-state index contributed by atoms with van der Waals surface area (Å²) in [6.45, 7) is 1.74. The Morgan fingerprint density at radius 3 is 2.82 bits per heavy atom. The van der Waals surface area contributed by atoms with Crippen molar-refractivity contribution < 1.29 is 9.53 Å². The number of methoxy groups -OCH3 is 1. The predicted octanol–water partition coefficient (Wildman–Crippen LogP) is 4.88. The maximum Gasteiger partial charge on any atom is 0.139 e. The van der Waals surface area contributed by atoms with Gasteiger partial charge < -0.3 is 10.1 Å². The molecule has 0 saturated heterocycles. The Hall–Kier alpha value is -1.72. The molecule has 4 rings (SSSR count). The molecule has 150 valence electrons. The number of Topliss-reactive ketones (excluding diaryl/α,β-unsaturated/α-hetero) is 1. The number of carbonyl (C=O) groups excluding carboxylic acids is 1. The highest BCUT2D eigenvalue weighted by molar-refractivity contribution is 7.10. The molecule has 1 spiro atoms. The summed E-state index contributed by atoms with van der Waals surface area (Å²) in [6.07, 6.45) is 10.1. The number of rotatable bonds is 7. The number of pyridine rings is 1. The minimum Gasteiger partial charge on any atom is -0.496 e. The molecule has 5 heteroatoms. The Bertz CT molecular complexity index is 798. The maximum atomic E-state index is 12.8. The third-order valence-corrected chi connectivity index (χ3v) is 7.76. The van der Waals surface area contributed by atoms with Crippen LogP contribution in [-0.4, -0.2) is 24.4 Å². The number of ether oxygens (including phenoxy) is 1. The number of ketones is 1. The van der Waals surface area contributed by atoms with Crippen molar-refractivity contribution in [1.29, 1.82) is 0 Å². The Kier molecular flexibility index (Phi) is 5.83. The molecule has 0 bridgehead atoms. The van der Waals surface area contributed by atoms with Crippen LogP contribution in [0, 0.1) is 5.41 Å². The first-order valence-corrected chi connectivity index (χ1v) is 11.3. The summed E-state index contributed by atoms with van der Waals surface area (Å²) in [4.78, 5) is 18.8. The van der Waals surface area contributed by atoms with Crippen LogP contribution in [0.4, 0.5) is 0 Å². The van der Waals surface area contributed by atoms with E-state index in [1.807, 2.05) is 18.3 Å². The molecular weight excluding hydrogens is 368 g/mol. The number of thiophene rings is 1. The van der Waals surface area contributed by atoms with E-state index in [1.54, 1.807) is 18.4 Å². The van der Waals surface area contributed by atoms with Gasteiger partial charge in [0.05, 0.1) is 12.0 Å². The van der Waals surface area contributed by atoms with Crippen LogP contribution in [-0.2, 0) is 16.8 Å². The topological polar surface area (TPSA) is 51.2 Å². The first-order chi connectivity index (χ1) is 13.7. The zero-order chi connectivity index (χ0) is 19.5. The number of aromatic nitrogens is 1. The number of carbonyl (C=O) groups is 1. The lowest BCUT2D eigenvalue weighted by Crippen LogP contribution is -2.45. The Morgan fingerprint density at radius 2 is 2.07 bits per heavy atom. The minimum absolute atomic E-state index is 0.00600. The molecule has 1 atom stereocenters. The third-order valence-electron chi connectivity index (χ3n) is 6.86. The van der Waals surface area contributed by atoms with Gasteiger partial charge in [0.1, 0.15) is 11.5 Å². The van der Waals surface area contributed by atoms with Gasteiger partial charge >= 0.3 is 0 Å². The predicted molar refractivity (Wildman–Crippen MR) is 113 cm³/mol. The van der Waals surface area contributed by atoms with E-state index in [0.717, 1.165) is 50.9 Å². The SMILES string of the molecule is COc1ccsc1CNCC[C@@]1(c2ccccn2)CCC(=O)C2(CCCC2)C1. The molecule has 4 nitrogen and oxygen atoms in total. The largest absolute Gasteiger partial charge is 0.496 e. The average molecular weight is 399 g/mol. The first-order valence-electron chi connectivity index (χ1n) is 10.4. The number of nitrogens with one attached hydrogen (secondary N) is 1. The van der Waals surface area contributed by atoms with Crippen LogP contribution >= 0.6 is 11.3 Å². The van der Waals surface area contributed by atoms with Crippen LogP contribution in [0.1, 0.15) is 61.9 Å². The molecule has 2 aromatic rings. The van der Waals surface area contributed by atoms with Crippen molar-refractivity contribution in [3.05, 3.63) is 46.4 Å². The summed E-state index contributed by atoms with van der Waals surface area (Å²) in [6, 6.07) is 8.26. The van der Waals surface area contributed by atoms with Gasteiger partial charge in [0.15, 0.2) is 0 Å². The van der Waals surface area contributed by atoms with Gasteiger partial charge in [-0.3, -0.25) is 9.78 Å². The van der Waals surface area contributed by atoms with Crippen LogP contribution in [0.5, 0.6) is 5.75 Å². The van der Waals surface area contributed by atoms with Gasteiger partial charge in [-0.2, -0.15) is 0 Å². The normalized spacial score (nSPS) is 24.0. The van der Waals surface area contributed by atoms with Crippen molar-refractivity contribution in [2.45, 2.75) is 63.3 Å². The van der Waals surface area contributed by atoms with Crippen molar-refractivity contribution >= 4 is 17.1 Å². The number of hydrogen-bond donors (Lipinski definition) is 1. The second-order valence-electron chi connectivity index (χ2n) is 8.42. The second kappa shape index (κ2) is 8.34. The summed E-state index contributed by atoms with van der Waals surface area (Å²) in [5, 5.41) is 5.68. The smallest absolute Gasteiger partial charge is 0.139 e. The van der Waals surface area contributed by atoms with Crippen molar-refractivity contribution in [1.82, 2.24) is 10.3 Å². The van der Waals surface area contributed by atoms with Gasteiger partial charge in [-0.1, -0.05) is 18.9 Å². The van der Waals surface area contributed by atoms with E-state index in [1.165, 1.54) is 23.4 Å². The Balaban J connectivity index is 1.49. The fourth-order valence-corrected chi connectivity index (χ4v) is 6.17. The van der Waals surface area contributed by atoms with Gasteiger partial charge in [-0.15, -0.1) is 11.3 Å². The van der Waals surface area contributed by atoms with Crippen molar-refractivity contribution in [3.8, 4) is 5.75 Å². The van der Waals surface area contributed by atoms with Crippen molar-refractivity contribution in [3.63, 3.8) is 0 Å². The zero-order valence-corrected chi connectivity index (χ0v) is 17.5. The van der Waals surface area contributed by atoms with Crippen LogP contribution < -0.4 is 10.1 Å². The lowest BCUT2D eigenvalue weighted by Gasteiger charge is -2.45. The van der Waals surface area contributed by atoms with E-state index in [-0.39, 0.29) is 10.8 Å². The maximum absolute atomic E-state index is 12.8. The summed E-state index contributed by atoms with van der Waals surface area (Å²) in [7, 11) is 1.72. The molecule has 0 radical (unpaired) electrons. The molecular formula is C23H30N2O2S. The fraction of sp³-hybridized carbons (Fsp3) is 0.565. The van der Waals surface area contributed by atoms with Gasteiger partial charge in [0.2, 0.25) is 0 Å². The van der Waals surface area contributed by atoms with Crippen LogP contribution in [0.3, 0.4) is 0 Å². The standard InChI is InChI=1S/C23H30N2O2S/c1-27-18-8-15-28-19(18)16-24-14-12-22(20-6-2-5-13-25-20)11-7-21(26)23(17-22)9-3-4-10-23/h2,5-6,8,13,15,24H,3-4,7,9-12,14,16-17H2,1H3/t22-/m0/s1. The number of nitrogens with zero attached hydrogens (tertiary/aromatic N) is 1. The van der Waals surface area contributed by atoms with Gasteiger partial charge in [0.25, 0.3) is 0 Å². The minimum atomic E-state index is -0.0905. The summed E-state index contributed by atoms with van der Waals surface area (Å²) in [5.74, 6) is 1.47. The molecule has 0 aliphatic heterocycles. The highest BCUT2D eigenvalue weighted by atomic mass is 32.1. The molecule has 28 heavy (non-hydrogen) atoms. The first kappa shape index (κ1) is 19.6. The summed E-state index contributed by atoms with van der Waals surface area (Å²) < 4.78 is 5.42. The molecule has 1 N–H and O–H groups in total. The quantitative estimate of drug-likeness (QED) is 0.675. The lowest BCUT2D eigenvalue weighted by molar-refractivity contribution is -0.133. The van der Waals surface area contributed by atoms with Crippen LogP contribution in [0.15, 0.2) is 35.8 Å². The molecule has 2 heterocycles. The Labute approximate surface area is 171 Å². The third kappa shape index (κ3) is 3.74. The van der Waals surface area contributed by atoms with Crippen LogP contribution in [0.25, 0.3) is 0 Å². The van der Waals surface area contributed by atoms with Gasteiger partial charge in [-0.05, 0) is 62.2 Å². The van der Waals surface area contributed by atoms with E-state index in [9.17, 15) is 4.79 Å². The highest BCUT2D eigenvalue weighted by Crippen LogP contribution is 2.54. The van der Waals surface area contributed by atoms with E-state index in [2.05, 4.69) is 22.8 Å². The van der Waals surface area contributed by atoms with E-state index >= 15 is 0 Å². The van der Waals surface area contributed by atoms with Gasteiger partial charge in [0, 0.05) is 35.7 Å². The van der Waals surface area contributed by atoms with Crippen molar-refractivity contribution in [2.24, 2.45) is 5.41 Å². The highest BCUT2D eigenvalue weighted by Gasteiger charge is 2.51. The fourth-order valence-electron chi connectivity index (χ4n) is 5.37. The van der Waals surface area contributed by atoms with E-state index in [0.29, 0.717) is 12.2 Å². The monoisotopic (exact) mass is 398 g/mol. The molecule has 0 aromatic carbocycles. The summed E-state index contributed by atoms with van der Waals surface area (Å²) >= 11 is 1.73. The molecule has 2 aliphatic carbocycles. The van der Waals surface area contributed by atoms with Gasteiger partial charge in [-0.25, -0.2) is 0 Å². The molecule has 2 fully saturated rings. The molecule has 2 aliphatic rings. The molecule has 2 aromatic heterocycles. The molecule has 2 saturated carbocycles. The van der Waals surface area contributed by atoms with E-state index < -0.39 is 0 Å². The van der Waals surface area contributed by atoms with Crippen molar-refractivity contribution in [2.75, 3.05) is 13.7 Å². The zero-order valence-electron chi connectivity index (χ0n) is 16.7. The Morgan fingerprint density at radius 1 is 1.21 bits per heavy atom. The molecule has 0 unspecified atom stereocenters. The molecule has 0 amide bonds. The van der Waals surface area contributed by atoms with E-state index in [4.69, 9.17) is 9.72 Å². The average Bonchev–Trinajstić information content (AvgIpc) is 3.39. The second-order valence-corrected chi connectivity index (χ2v) is 9.42. The van der Waals surface area contributed by atoms with Crippen LogP contribution in [0.2, 0.25) is 0 Å². The number of hydrogen-bond acceptors (Lipinski definition) is 5. The summed E-state index contributed by atoms with van der Waals surface area (Å²) in [5.41, 5.74) is 1.09.